The SMILES string of the molecule is COc1nccnc1C1CCC1CNC(C)C. The second-order valence-electron chi connectivity index (χ2n) is 4.96. The summed E-state index contributed by atoms with van der Waals surface area (Å²) in [7, 11) is 1.66. The first-order chi connectivity index (χ1) is 8.22. The molecule has 1 aliphatic rings. The Kier molecular flexibility index (Phi) is 3.94. The van der Waals surface area contributed by atoms with E-state index in [9.17, 15) is 0 Å². The average molecular weight is 235 g/mol. The highest BCUT2D eigenvalue weighted by Gasteiger charge is 2.35. The van der Waals surface area contributed by atoms with E-state index in [2.05, 4.69) is 29.1 Å². The fraction of sp³-hybridized carbons (Fsp3) is 0.692. The minimum atomic E-state index is 0.505. The van der Waals surface area contributed by atoms with E-state index >= 15 is 0 Å². The van der Waals surface area contributed by atoms with Crippen molar-refractivity contribution in [1.29, 1.82) is 0 Å². The maximum atomic E-state index is 5.28. The van der Waals surface area contributed by atoms with Crippen molar-refractivity contribution in [2.75, 3.05) is 13.7 Å². The summed E-state index contributed by atoms with van der Waals surface area (Å²) in [4.78, 5) is 8.66. The van der Waals surface area contributed by atoms with Gasteiger partial charge < -0.3 is 10.1 Å². The molecule has 1 N–H and O–H groups in total. The van der Waals surface area contributed by atoms with Gasteiger partial charge in [-0.1, -0.05) is 13.8 Å². The van der Waals surface area contributed by atoms with Crippen LogP contribution in [0.5, 0.6) is 5.88 Å². The van der Waals surface area contributed by atoms with Gasteiger partial charge >= 0.3 is 0 Å². The van der Waals surface area contributed by atoms with Gasteiger partial charge in [0.25, 0.3) is 0 Å². The van der Waals surface area contributed by atoms with Crippen molar-refractivity contribution in [2.45, 2.75) is 38.6 Å². The molecule has 17 heavy (non-hydrogen) atoms. The van der Waals surface area contributed by atoms with Gasteiger partial charge in [0.1, 0.15) is 5.69 Å². The Hall–Kier alpha value is -1.16. The number of methoxy groups -OCH3 is 1. The molecule has 1 aromatic heterocycles. The van der Waals surface area contributed by atoms with Crippen LogP contribution in [0.1, 0.15) is 38.3 Å². The minimum Gasteiger partial charge on any atom is -0.480 e. The topological polar surface area (TPSA) is 47.0 Å². The molecule has 0 amide bonds. The Bertz CT molecular complexity index is 367. The molecule has 2 unspecified atom stereocenters. The van der Waals surface area contributed by atoms with Crippen molar-refractivity contribution < 1.29 is 4.74 Å². The molecule has 1 heterocycles. The summed E-state index contributed by atoms with van der Waals surface area (Å²) in [5, 5.41) is 3.50. The number of rotatable bonds is 5. The third-order valence-electron chi connectivity index (χ3n) is 3.44. The lowest BCUT2D eigenvalue weighted by molar-refractivity contribution is 0.228. The van der Waals surface area contributed by atoms with Crippen molar-refractivity contribution >= 4 is 0 Å². The Morgan fingerprint density at radius 2 is 2.12 bits per heavy atom. The summed E-state index contributed by atoms with van der Waals surface area (Å²) in [6.45, 7) is 5.41. The van der Waals surface area contributed by atoms with Crippen molar-refractivity contribution in [1.82, 2.24) is 15.3 Å². The van der Waals surface area contributed by atoms with Crippen molar-refractivity contribution in [3.05, 3.63) is 18.1 Å². The van der Waals surface area contributed by atoms with E-state index in [0.717, 1.165) is 12.2 Å². The van der Waals surface area contributed by atoms with Crippen molar-refractivity contribution in [3.8, 4) is 5.88 Å². The van der Waals surface area contributed by atoms with Crippen molar-refractivity contribution in [3.63, 3.8) is 0 Å². The summed E-state index contributed by atoms with van der Waals surface area (Å²) in [6, 6.07) is 0.542. The zero-order valence-corrected chi connectivity index (χ0v) is 10.8. The van der Waals surface area contributed by atoms with Crippen LogP contribution in [-0.4, -0.2) is 29.7 Å². The Labute approximate surface area is 103 Å². The first-order valence-electron chi connectivity index (χ1n) is 6.30. The van der Waals surface area contributed by atoms with Crippen LogP contribution in [0.3, 0.4) is 0 Å². The second-order valence-corrected chi connectivity index (χ2v) is 4.96. The first-order valence-corrected chi connectivity index (χ1v) is 6.30. The third-order valence-corrected chi connectivity index (χ3v) is 3.44. The van der Waals surface area contributed by atoms with E-state index in [1.54, 1.807) is 19.5 Å². The summed E-state index contributed by atoms with van der Waals surface area (Å²) in [5.41, 5.74) is 1.02. The number of hydrogen-bond acceptors (Lipinski definition) is 4. The zero-order valence-electron chi connectivity index (χ0n) is 10.8. The predicted octanol–water partition coefficient (Wildman–Crippen LogP) is 1.98. The number of hydrogen-bond donors (Lipinski definition) is 1. The molecule has 0 spiro atoms. The molecule has 4 heteroatoms. The molecule has 4 nitrogen and oxygen atoms in total. The molecule has 2 atom stereocenters. The van der Waals surface area contributed by atoms with E-state index in [4.69, 9.17) is 4.74 Å². The van der Waals surface area contributed by atoms with Crippen LogP contribution in [0.4, 0.5) is 0 Å². The van der Waals surface area contributed by atoms with Crippen LogP contribution in [0.25, 0.3) is 0 Å². The molecule has 2 rings (SSSR count). The Balaban J connectivity index is 2.02. The predicted molar refractivity (Wildman–Crippen MR) is 67.2 cm³/mol. The van der Waals surface area contributed by atoms with Gasteiger partial charge in [-0.05, 0) is 25.3 Å². The smallest absolute Gasteiger partial charge is 0.235 e. The van der Waals surface area contributed by atoms with Gasteiger partial charge in [0.2, 0.25) is 5.88 Å². The molecular formula is C13H21N3O. The maximum absolute atomic E-state index is 5.28. The monoisotopic (exact) mass is 235 g/mol. The van der Waals surface area contributed by atoms with Gasteiger partial charge in [-0.2, -0.15) is 0 Å². The summed E-state index contributed by atoms with van der Waals surface area (Å²) in [6.07, 6.45) is 5.90. The number of nitrogens with zero attached hydrogens (tertiary/aromatic N) is 2. The Morgan fingerprint density at radius 3 is 2.71 bits per heavy atom. The molecule has 0 bridgehead atoms. The summed E-state index contributed by atoms with van der Waals surface area (Å²) >= 11 is 0. The van der Waals surface area contributed by atoms with Gasteiger partial charge in [0.05, 0.1) is 7.11 Å². The first kappa shape index (κ1) is 12.3. The van der Waals surface area contributed by atoms with Gasteiger partial charge in [0, 0.05) is 24.4 Å². The average Bonchev–Trinajstić information content (AvgIpc) is 2.28. The standard InChI is InChI=1S/C13H21N3O/c1-9(2)16-8-10-4-5-11(10)12-13(17-3)15-7-6-14-12/h6-7,9-11,16H,4-5,8H2,1-3H3. The number of aromatic nitrogens is 2. The van der Waals surface area contributed by atoms with Gasteiger partial charge in [-0.3, -0.25) is 4.98 Å². The van der Waals surface area contributed by atoms with Crippen LogP contribution in [-0.2, 0) is 0 Å². The summed E-state index contributed by atoms with van der Waals surface area (Å²) < 4.78 is 5.28. The van der Waals surface area contributed by atoms with Crippen LogP contribution in [0.2, 0.25) is 0 Å². The zero-order chi connectivity index (χ0) is 12.3. The molecule has 0 saturated heterocycles. The number of ether oxygens (including phenoxy) is 1. The minimum absolute atomic E-state index is 0.505. The fourth-order valence-electron chi connectivity index (χ4n) is 2.31. The lowest BCUT2D eigenvalue weighted by atomic mass is 9.71. The molecule has 1 aromatic rings. The lowest BCUT2D eigenvalue weighted by Gasteiger charge is -2.37. The summed E-state index contributed by atoms with van der Waals surface area (Å²) in [5.74, 6) is 1.86. The largest absolute Gasteiger partial charge is 0.480 e. The third kappa shape index (κ3) is 2.75. The highest BCUT2D eigenvalue weighted by molar-refractivity contribution is 5.24. The Morgan fingerprint density at radius 1 is 1.35 bits per heavy atom. The molecule has 1 saturated carbocycles. The van der Waals surface area contributed by atoms with Crippen LogP contribution < -0.4 is 10.1 Å². The quantitative estimate of drug-likeness (QED) is 0.847. The maximum Gasteiger partial charge on any atom is 0.235 e. The normalized spacial score (nSPS) is 23.5. The molecule has 0 radical (unpaired) electrons. The molecule has 1 aliphatic carbocycles. The number of nitrogens with one attached hydrogen (secondary N) is 1. The van der Waals surface area contributed by atoms with Crippen LogP contribution >= 0.6 is 0 Å². The molecular weight excluding hydrogens is 214 g/mol. The van der Waals surface area contributed by atoms with Crippen LogP contribution in [0.15, 0.2) is 12.4 Å². The van der Waals surface area contributed by atoms with E-state index in [-0.39, 0.29) is 0 Å². The van der Waals surface area contributed by atoms with Gasteiger partial charge in [-0.15, -0.1) is 0 Å². The lowest BCUT2D eigenvalue weighted by Crippen LogP contribution is -2.37. The highest BCUT2D eigenvalue weighted by atomic mass is 16.5. The molecule has 1 fully saturated rings. The van der Waals surface area contributed by atoms with E-state index in [0.29, 0.717) is 23.8 Å². The van der Waals surface area contributed by atoms with E-state index in [1.165, 1.54) is 12.8 Å². The van der Waals surface area contributed by atoms with Crippen molar-refractivity contribution in [2.24, 2.45) is 5.92 Å². The van der Waals surface area contributed by atoms with E-state index in [1.807, 2.05) is 0 Å². The van der Waals surface area contributed by atoms with E-state index < -0.39 is 0 Å². The molecule has 94 valence electrons. The molecule has 0 aliphatic heterocycles. The van der Waals surface area contributed by atoms with Gasteiger partial charge in [0.15, 0.2) is 0 Å². The molecule has 0 aromatic carbocycles. The van der Waals surface area contributed by atoms with Crippen LogP contribution in [0, 0.1) is 5.92 Å². The van der Waals surface area contributed by atoms with Gasteiger partial charge in [-0.25, -0.2) is 4.98 Å². The second kappa shape index (κ2) is 5.45. The fourth-order valence-corrected chi connectivity index (χ4v) is 2.31. The highest BCUT2D eigenvalue weighted by Crippen LogP contribution is 2.43.